The second-order valence-electron chi connectivity index (χ2n) is 4.91. The molecule has 4 nitrogen and oxygen atoms in total. The van der Waals surface area contributed by atoms with Gasteiger partial charge in [0.05, 0.1) is 6.61 Å². The zero-order valence-corrected chi connectivity index (χ0v) is 11.5. The quantitative estimate of drug-likeness (QED) is 0.883. The molecule has 1 heterocycles. The van der Waals surface area contributed by atoms with Gasteiger partial charge in [0, 0.05) is 24.7 Å². The van der Waals surface area contributed by atoms with E-state index in [-0.39, 0.29) is 11.9 Å². The fourth-order valence-electron chi connectivity index (χ4n) is 2.45. The van der Waals surface area contributed by atoms with E-state index in [1.54, 1.807) is 0 Å². The lowest BCUT2D eigenvalue weighted by Crippen LogP contribution is -2.39. The van der Waals surface area contributed by atoms with Gasteiger partial charge in [-0.3, -0.25) is 4.79 Å². The molecule has 0 saturated carbocycles. The van der Waals surface area contributed by atoms with Crippen LogP contribution < -0.4 is 10.5 Å². The van der Waals surface area contributed by atoms with Crippen LogP contribution in [0.4, 0.5) is 0 Å². The van der Waals surface area contributed by atoms with E-state index in [9.17, 15) is 4.79 Å². The van der Waals surface area contributed by atoms with Crippen LogP contribution in [0.2, 0.25) is 0 Å². The highest BCUT2D eigenvalue weighted by atomic mass is 16.5. The molecule has 1 atom stereocenters. The number of carbonyl (C=O) groups excluding carboxylic acids is 1. The minimum absolute atomic E-state index is 0.0647. The van der Waals surface area contributed by atoms with Gasteiger partial charge in [0.25, 0.3) is 5.91 Å². The molecule has 104 valence electrons. The molecule has 0 spiro atoms. The van der Waals surface area contributed by atoms with Crippen LogP contribution >= 0.6 is 0 Å². The van der Waals surface area contributed by atoms with Gasteiger partial charge in [-0.1, -0.05) is 13.0 Å². The van der Waals surface area contributed by atoms with E-state index in [0.29, 0.717) is 18.7 Å². The van der Waals surface area contributed by atoms with Crippen LogP contribution in [0.1, 0.15) is 36.5 Å². The fraction of sp³-hybridized carbons (Fsp3) is 0.533. The summed E-state index contributed by atoms with van der Waals surface area (Å²) in [5, 5.41) is 0. The number of nitrogens with two attached hydrogens (primary N) is 1. The van der Waals surface area contributed by atoms with Crippen LogP contribution in [0.5, 0.6) is 5.75 Å². The molecule has 4 heteroatoms. The summed E-state index contributed by atoms with van der Waals surface area (Å²) in [7, 11) is 0. The SMILES string of the molecule is CCCOc1cccc(C(=O)N2CCCC2CN)c1. The van der Waals surface area contributed by atoms with Crippen molar-refractivity contribution in [1.82, 2.24) is 4.90 Å². The Kier molecular flexibility index (Phi) is 4.80. The van der Waals surface area contributed by atoms with Crippen LogP contribution in [-0.2, 0) is 0 Å². The van der Waals surface area contributed by atoms with Crippen molar-refractivity contribution < 1.29 is 9.53 Å². The first-order valence-electron chi connectivity index (χ1n) is 7.00. The van der Waals surface area contributed by atoms with Crippen molar-refractivity contribution in [3.63, 3.8) is 0 Å². The zero-order chi connectivity index (χ0) is 13.7. The van der Waals surface area contributed by atoms with Crippen molar-refractivity contribution in [2.24, 2.45) is 5.73 Å². The Labute approximate surface area is 114 Å². The van der Waals surface area contributed by atoms with E-state index in [0.717, 1.165) is 31.6 Å². The van der Waals surface area contributed by atoms with Gasteiger partial charge < -0.3 is 15.4 Å². The number of carbonyl (C=O) groups is 1. The van der Waals surface area contributed by atoms with Crippen molar-refractivity contribution in [3.8, 4) is 5.75 Å². The first-order chi connectivity index (χ1) is 9.26. The van der Waals surface area contributed by atoms with Crippen molar-refractivity contribution in [2.75, 3.05) is 19.7 Å². The van der Waals surface area contributed by atoms with Gasteiger partial charge in [-0.2, -0.15) is 0 Å². The lowest BCUT2D eigenvalue weighted by molar-refractivity contribution is 0.0740. The molecule has 1 aliphatic heterocycles. The number of ether oxygens (including phenoxy) is 1. The summed E-state index contributed by atoms with van der Waals surface area (Å²) < 4.78 is 5.57. The lowest BCUT2D eigenvalue weighted by atomic mass is 10.1. The molecule has 1 fully saturated rings. The smallest absolute Gasteiger partial charge is 0.254 e. The summed E-state index contributed by atoms with van der Waals surface area (Å²) in [6, 6.07) is 7.60. The molecule has 1 aromatic rings. The maximum atomic E-state index is 12.5. The number of nitrogens with zero attached hydrogens (tertiary/aromatic N) is 1. The molecule has 0 aliphatic carbocycles. The Morgan fingerprint density at radius 1 is 1.53 bits per heavy atom. The number of likely N-dealkylation sites (tertiary alicyclic amines) is 1. The number of hydrogen-bond acceptors (Lipinski definition) is 3. The summed E-state index contributed by atoms with van der Waals surface area (Å²) in [6.07, 6.45) is 3.01. The average Bonchev–Trinajstić information content (AvgIpc) is 2.93. The third-order valence-corrected chi connectivity index (χ3v) is 3.46. The van der Waals surface area contributed by atoms with Gasteiger partial charge in [-0.05, 0) is 37.5 Å². The molecule has 1 saturated heterocycles. The summed E-state index contributed by atoms with van der Waals surface area (Å²) in [5.41, 5.74) is 6.41. The Morgan fingerprint density at radius 3 is 3.11 bits per heavy atom. The zero-order valence-electron chi connectivity index (χ0n) is 11.5. The Hall–Kier alpha value is -1.55. The number of hydrogen-bond donors (Lipinski definition) is 1. The van der Waals surface area contributed by atoms with Gasteiger partial charge >= 0.3 is 0 Å². The molecule has 0 bridgehead atoms. The standard InChI is InChI=1S/C15H22N2O2/c1-2-9-19-14-7-3-5-12(10-14)15(18)17-8-4-6-13(17)11-16/h3,5,7,10,13H,2,4,6,8-9,11,16H2,1H3. The maximum Gasteiger partial charge on any atom is 0.254 e. The first kappa shape index (κ1) is 13.9. The van der Waals surface area contributed by atoms with E-state index >= 15 is 0 Å². The highest BCUT2D eigenvalue weighted by Crippen LogP contribution is 2.21. The van der Waals surface area contributed by atoms with Crippen LogP contribution in [0.15, 0.2) is 24.3 Å². The van der Waals surface area contributed by atoms with E-state index in [1.807, 2.05) is 29.2 Å². The molecule has 1 aliphatic rings. The van der Waals surface area contributed by atoms with Gasteiger partial charge in [-0.25, -0.2) is 0 Å². The fourth-order valence-corrected chi connectivity index (χ4v) is 2.45. The average molecular weight is 262 g/mol. The van der Waals surface area contributed by atoms with Crippen LogP contribution in [0, 0.1) is 0 Å². The molecule has 2 N–H and O–H groups in total. The summed E-state index contributed by atoms with van der Waals surface area (Å²) in [6.45, 7) is 4.08. The maximum absolute atomic E-state index is 12.5. The number of rotatable bonds is 5. The Balaban J connectivity index is 2.10. The van der Waals surface area contributed by atoms with Gasteiger partial charge in [0.15, 0.2) is 0 Å². The number of benzene rings is 1. The van der Waals surface area contributed by atoms with Crippen molar-refractivity contribution in [1.29, 1.82) is 0 Å². The molecule has 1 amide bonds. The van der Waals surface area contributed by atoms with Crippen LogP contribution in [-0.4, -0.2) is 36.5 Å². The highest BCUT2D eigenvalue weighted by molar-refractivity contribution is 5.95. The molecule has 2 rings (SSSR count). The Bertz CT molecular complexity index is 434. The van der Waals surface area contributed by atoms with Crippen molar-refractivity contribution in [3.05, 3.63) is 29.8 Å². The van der Waals surface area contributed by atoms with Gasteiger partial charge in [0.2, 0.25) is 0 Å². The second kappa shape index (κ2) is 6.57. The summed E-state index contributed by atoms with van der Waals surface area (Å²) in [4.78, 5) is 14.3. The minimum atomic E-state index is 0.0647. The van der Waals surface area contributed by atoms with Gasteiger partial charge in [-0.15, -0.1) is 0 Å². The largest absolute Gasteiger partial charge is 0.494 e. The predicted molar refractivity (Wildman–Crippen MR) is 75.3 cm³/mol. The topological polar surface area (TPSA) is 55.6 Å². The molecule has 1 unspecified atom stereocenters. The summed E-state index contributed by atoms with van der Waals surface area (Å²) in [5.74, 6) is 0.825. The molecule has 0 aromatic heterocycles. The van der Waals surface area contributed by atoms with Crippen molar-refractivity contribution in [2.45, 2.75) is 32.2 Å². The molecule has 0 radical (unpaired) electrons. The van der Waals surface area contributed by atoms with Crippen LogP contribution in [0.25, 0.3) is 0 Å². The van der Waals surface area contributed by atoms with E-state index in [4.69, 9.17) is 10.5 Å². The predicted octanol–water partition coefficient (Wildman–Crippen LogP) is 2.04. The lowest BCUT2D eigenvalue weighted by Gasteiger charge is -2.23. The number of amides is 1. The molecule has 1 aromatic carbocycles. The van der Waals surface area contributed by atoms with Crippen molar-refractivity contribution >= 4 is 5.91 Å². The van der Waals surface area contributed by atoms with E-state index in [2.05, 4.69) is 6.92 Å². The molecule has 19 heavy (non-hydrogen) atoms. The summed E-state index contributed by atoms with van der Waals surface area (Å²) >= 11 is 0. The van der Waals surface area contributed by atoms with E-state index < -0.39 is 0 Å². The third-order valence-electron chi connectivity index (χ3n) is 3.46. The second-order valence-corrected chi connectivity index (χ2v) is 4.91. The van der Waals surface area contributed by atoms with E-state index in [1.165, 1.54) is 0 Å². The first-order valence-corrected chi connectivity index (χ1v) is 7.00. The molecular weight excluding hydrogens is 240 g/mol. The third kappa shape index (κ3) is 3.26. The monoisotopic (exact) mass is 262 g/mol. The Morgan fingerprint density at radius 2 is 2.37 bits per heavy atom. The van der Waals surface area contributed by atoms with Gasteiger partial charge in [0.1, 0.15) is 5.75 Å². The highest BCUT2D eigenvalue weighted by Gasteiger charge is 2.28. The normalized spacial score (nSPS) is 18.6. The molecular formula is C15H22N2O2. The minimum Gasteiger partial charge on any atom is -0.494 e. The van der Waals surface area contributed by atoms with Crippen LogP contribution in [0.3, 0.4) is 0 Å².